The highest BCUT2D eigenvalue weighted by molar-refractivity contribution is 6.34. The molecule has 0 aliphatic carbocycles. The van der Waals surface area contributed by atoms with Gasteiger partial charge in [-0.1, -0.05) is 35.3 Å². The van der Waals surface area contributed by atoms with Crippen LogP contribution in [0, 0.1) is 0 Å². The molecule has 94 valence electrons. The summed E-state index contributed by atoms with van der Waals surface area (Å²) in [5.41, 5.74) is 7.69. The molecular formula is C13H12Cl2N2O. The number of nitrogens with two attached hydrogens (primary N) is 1. The van der Waals surface area contributed by atoms with Crippen molar-refractivity contribution < 1.29 is 5.11 Å². The van der Waals surface area contributed by atoms with E-state index >= 15 is 0 Å². The third kappa shape index (κ3) is 3.13. The van der Waals surface area contributed by atoms with Gasteiger partial charge in [0.25, 0.3) is 0 Å². The fourth-order valence-corrected chi connectivity index (χ4v) is 2.20. The SMILES string of the molecule is NC(Cc1ccc(O)cc1)c1ncc(Cl)cc1Cl. The molecule has 1 heterocycles. The average Bonchev–Trinajstić information content (AvgIpc) is 2.32. The molecule has 1 aromatic carbocycles. The van der Waals surface area contributed by atoms with Gasteiger partial charge in [0, 0.05) is 6.20 Å². The third-order valence-electron chi connectivity index (χ3n) is 2.58. The summed E-state index contributed by atoms with van der Waals surface area (Å²) in [6, 6.07) is 8.21. The van der Waals surface area contributed by atoms with Crippen molar-refractivity contribution in [2.24, 2.45) is 5.73 Å². The smallest absolute Gasteiger partial charge is 0.115 e. The second-order valence-corrected chi connectivity index (χ2v) is 4.84. The molecule has 0 spiro atoms. The van der Waals surface area contributed by atoms with Gasteiger partial charge in [-0.3, -0.25) is 4.98 Å². The molecule has 3 N–H and O–H groups in total. The Morgan fingerprint density at radius 3 is 2.50 bits per heavy atom. The molecule has 1 aromatic heterocycles. The first kappa shape index (κ1) is 13.1. The quantitative estimate of drug-likeness (QED) is 0.908. The average molecular weight is 283 g/mol. The van der Waals surface area contributed by atoms with E-state index in [9.17, 15) is 5.11 Å². The molecule has 5 heteroatoms. The zero-order valence-electron chi connectivity index (χ0n) is 9.48. The molecule has 2 rings (SSSR count). The summed E-state index contributed by atoms with van der Waals surface area (Å²) in [5.74, 6) is 0.231. The van der Waals surface area contributed by atoms with Crippen LogP contribution in [-0.4, -0.2) is 10.1 Å². The number of phenolic OH excluding ortho intramolecular Hbond substituents is 1. The summed E-state index contributed by atoms with van der Waals surface area (Å²) < 4.78 is 0. The van der Waals surface area contributed by atoms with E-state index in [1.807, 2.05) is 12.1 Å². The first-order valence-electron chi connectivity index (χ1n) is 5.40. The zero-order chi connectivity index (χ0) is 13.1. The predicted octanol–water partition coefficient (Wildman–Crippen LogP) is 3.34. The van der Waals surface area contributed by atoms with Crippen LogP contribution in [0.3, 0.4) is 0 Å². The monoisotopic (exact) mass is 282 g/mol. The van der Waals surface area contributed by atoms with E-state index in [4.69, 9.17) is 28.9 Å². The van der Waals surface area contributed by atoms with E-state index in [0.717, 1.165) is 5.56 Å². The molecule has 18 heavy (non-hydrogen) atoms. The van der Waals surface area contributed by atoms with Gasteiger partial charge in [0.2, 0.25) is 0 Å². The summed E-state index contributed by atoms with van der Waals surface area (Å²) in [5, 5.41) is 10.2. The molecule has 1 unspecified atom stereocenters. The first-order chi connectivity index (χ1) is 8.56. The Balaban J connectivity index is 2.16. The Morgan fingerprint density at radius 2 is 1.89 bits per heavy atom. The number of aromatic nitrogens is 1. The van der Waals surface area contributed by atoms with Crippen LogP contribution >= 0.6 is 23.2 Å². The van der Waals surface area contributed by atoms with E-state index in [2.05, 4.69) is 4.98 Å². The van der Waals surface area contributed by atoms with Gasteiger partial charge in [0.1, 0.15) is 5.75 Å². The Kier molecular flexibility index (Phi) is 4.07. The van der Waals surface area contributed by atoms with Crippen LogP contribution < -0.4 is 5.73 Å². The van der Waals surface area contributed by atoms with Gasteiger partial charge in [-0.25, -0.2) is 0 Å². The summed E-state index contributed by atoms with van der Waals surface area (Å²) >= 11 is 11.8. The minimum Gasteiger partial charge on any atom is -0.508 e. The van der Waals surface area contributed by atoms with Gasteiger partial charge in [-0.05, 0) is 30.2 Å². The highest BCUT2D eigenvalue weighted by Gasteiger charge is 2.13. The fourth-order valence-electron chi connectivity index (χ4n) is 1.68. The highest BCUT2D eigenvalue weighted by atomic mass is 35.5. The van der Waals surface area contributed by atoms with Crippen molar-refractivity contribution in [3.63, 3.8) is 0 Å². The molecule has 3 nitrogen and oxygen atoms in total. The molecule has 0 bridgehead atoms. The fraction of sp³-hybridized carbons (Fsp3) is 0.154. The number of benzene rings is 1. The van der Waals surface area contributed by atoms with E-state index in [-0.39, 0.29) is 11.8 Å². The van der Waals surface area contributed by atoms with Gasteiger partial charge in [-0.15, -0.1) is 0 Å². The number of halogens is 2. The van der Waals surface area contributed by atoms with Crippen molar-refractivity contribution in [1.29, 1.82) is 0 Å². The van der Waals surface area contributed by atoms with E-state index < -0.39 is 0 Å². The van der Waals surface area contributed by atoms with Crippen LogP contribution in [0.5, 0.6) is 5.75 Å². The van der Waals surface area contributed by atoms with Crippen molar-refractivity contribution in [3.05, 3.63) is 57.8 Å². The van der Waals surface area contributed by atoms with Gasteiger partial charge in [0.05, 0.1) is 21.8 Å². The predicted molar refractivity (Wildman–Crippen MR) is 73.0 cm³/mol. The largest absolute Gasteiger partial charge is 0.508 e. The third-order valence-corrected chi connectivity index (χ3v) is 3.09. The second kappa shape index (κ2) is 5.57. The van der Waals surface area contributed by atoms with Crippen LogP contribution in [0.25, 0.3) is 0 Å². The van der Waals surface area contributed by atoms with Gasteiger partial charge in [-0.2, -0.15) is 0 Å². The zero-order valence-corrected chi connectivity index (χ0v) is 11.0. The Morgan fingerprint density at radius 1 is 1.22 bits per heavy atom. The number of phenols is 1. The topological polar surface area (TPSA) is 59.1 Å². The van der Waals surface area contributed by atoms with Crippen molar-refractivity contribution in [3.8, 4) is 5.75 Å². The standard InChI is InChI=1S/C13H12Cl2N2O/c14-9-6-11(15)13(17-7-9)12(16)5-8-1-3-10(18)4-2-8/h1-4,6-7,12,18H,5,16H2. The van der Waals surface area contributed by atoms with Crippen molar-refractivity contribution in [2.45, 2.75) is 12.5 Å². The maximum atomic E-state index is 9.20. The lowest BCUT2D eigenvalue weighted by Gasteiger charge is -2.13. The first-order valence-corrected chi connectivity index (χ1v) is 6.16. The Bertz CT molecular complexity index is 543. The second-order valence-electron chi connectivity index (χ2n) is 4.00. The molecule has 0 radical (unpaired) electrons. The van der Waals surface area contributed by atoms with Crippen LogP contribution in [0.4, 0.5) is 0 Å². The van der Waals surface area contributed by atoms with Crippen molar-refractivity contribution in [2.75, 3.05) is 0 Å². The molecule has 0 saturated heterocycles. The van der Waals surface area contributed by atoms with Crippen molar-refractivity contribution >= 4 is 23.2 Å². The minimum absolute atomic E-state index is 0.231. The van der Waals surface area contributed by atoms with Crippen LogP contribution in [-0.2, 0) is 6.42 Å². The minimum atomic E-state index is -0.306. The molecule has 2 aromatic rings. The molecule has 0 aliphatic heterocycles. The number of pyridine rings is 1. The molecule has 0 amide bonds. The van der Waals surface area contributed by atoms with Crippen LogP contribution in [0.2, 0.25) is 10.0 Å². The Hall–Kier alpha value is -1.29. The van der Waals surface area contributed by atoms with Gasteiger partial charge >= 0.3 is 0 Å². The van der Waals surface area contributed by atoms with E-state index in [1.165, 1.54) is 6.20 Å². The van der Waals surface area contributed by atoms with Crippen LogP contribution in [0.15, 0.2) is 36.5 Å². The summed E-state index contributed by atoms with van der Waals surface area (Å²) in [6.07, 6.45) is 2.12. The lowest BCUT2D eigenvalue weighted by atomic mass is 10.0. The lowest BCUT2D eigenvalue weighted by Crippen LogP contribution is -2.15. The number of aromatic hydroxyl groups is 1. The summed E-state index contributed by atoms with van der Waals surface area (Å²) in [6.45, 7) is 0. The molecule has 0 saturated carbocycles. The molecule has 0 fully saturated rings. The van der Waals surface area contributed by atoms with Gasteiger partial charge in [0.15, 0.2) is 0 Å². The highest BCUT2D eigenvalue weighted by Crippen LogP contribution is 2.25. The van der Waals surface area contributed by atoms with E-state index in [1.54, 1.807) is 18.2 Å². The number of rotatable bonds is 3. The van der Waals surface area contributed by atoms with E-state index in [0.29, 0.717) is 22.2 Å². The maximum absolute atomic E-state index is 9.20. The van der Waals surface area contributed by atoms with Gasteiger partial charge < -0.3 is 10.8 Å². The molecular weight excluding hydrogens is 271 g/mol. The van der Waals surface area contributed by atoms with Crippen LogP contribution in [0.1, 0.15) is 17.3 Å². The number of hydrogen-bond donors (Lipinski definition) is 2. The Labute approximate surface area is 115 Å². The lowest BCUT2D eigenvalue weighted by molar-refractivity contribution is 0.475. The maximum Gasteiger partial charge on any atom is 0.115 e. The molecule has 0 aliphatic rings. The molecule has 1 atom stereocenters. The van der Waals surface area contributed by atoms with Crippen molar-refractivity contribution in [1.82, 2.24) is 4.98 Å². The summed E-state index contributed by atoms with van der Waals surface area (Å²) in [7, 11) is 0. The summed E-state index contributed by atoms with van der Waals surface area (Å²) in [4.78, 5) is 4.15. The number of hydrogen-bond acceptors (Lipinski definition) is 3. The normalized spacial score (nSPS) is 12.4. The number of nitrogens with zero attached hydrogens (tertiary/aromatic N) is 1.